The van der Waals surface area contributed by atoms with Gasteiger partial charge in [0.2, 0.25) is 0 Å². The van der Waals surface area contributed by atoms with Gasteiger partial charge in [-0.2, -0.15) is 5.26 Å². The van der Waals surface area contributed by atoms with Crippen LogP contribution in [0, 0.1) is 11.3 Å². The molecule has 2 aromatic rings. The van der Waals surface area contributed by atoms with E-state index in [-0.39, 0.29) is 0 Å². The molecule has 0 radical (unpaired) electrons. The molecule has 0 aliphatic rings. The number of aromatic nitrogens is 3. The Kier molecular flexibility index (Phi) is 1.77. The molecule has 0 spiro atoms. The molecule has 4 nitrogen and oxygen atoms in total. The van der Waals surface area contributed by atoms with Crippen molar-refractivity contribution < 1.29 is 0 Å². The smallest absolute Gasteiger partial charge is 0.123 e. The zero-order valence-corrected chi connectivity index (χ0v) is 6.75. The number of nitrogens with zero attached hydrogens (tertiary/aromatic N) is 4. The van der Waals surface area contributed by atoms with Crippen molar-refractivity contribution in [2.75, 3.05) is 0 Å². The Labute approximate surface area is 75.1 Å². The molecule has 13 heavy (non-hydrogen) atoms. The third kappa shape index (κ3) is 1.40. The van der Waals surface area contributed by atoms with E-state index < -0.39 is 0 Å². The summed E-state index contributed by atoms with van der Waals surface area (Å²) in [7, 11) is 0. The largest absolute Gasteiger partial charge is 0.288 e. The van der Waals surface area contributed by atoms with E-state index in [0.29, 0.717) is 5.56 Å². The van der Waals surface area contributed by atoms with Gasteiger partial charge in [-0.1, -0.05) is 0 Å². The lowest BCUT2D eigenvalue weighted by Gasteiger charge is -1.98. The summed E-state index contributed by atoms with van der Waals surface area (Å²) in [4.78, 5) is 0. The first-order chi connectivity index (χ1) is 6.40. The van der Waals surface area contributed by atoms with E-state index in [4.69, 9.17) is 5.26 Å². The van der Waals surface area contributed by atoms with Crippen molar-refractivity contribution in [3.05, 3.63) is 42.5 Å². The van der Waals surface area contributed by atoms with E-state index in [1.165, 1.54) is 0 Å². The first-order valence-electron chi connectivity index (χ1n) is 3.75. The van der Waals surface area contributed by atoms with Crippen LogP contribution in [0.25, 0.3) is 5.69 Å². The summed E-state index contributed by atoms with van der Waals surface area (Å²) in [5.41, 5.74) is 1.60. The zero-order chi connectivity index (χ0) is 9.10. The van der Waals surface area contributed by atoms with E-state index in [1.54, 1.807) is 29.4 Å². The third-order valence-electron chi connectivity index (χ3n) is 1.71. The van der Waals surface area contributed by atoms with Crippen LogP contribution in [0.15, 0.2) is 36.9 Å². The molecule has 4 heteroatoms. The van der Waals surface area contributed by atoms with E-state index in [1.807, 2.05) is 12.1 Å². The summed E-state index contributed by atoms with van der Waals surface area (Å²) in [6.07, 6.45) is 3.22. The van der Waals surface area contributed by atoms with E-state index >= 15 is 0 Å². The highest BCUT2D eigenvalue weighted by Gasteiger charge is 1.95. The molecule has 2 rings (SSSR count). The number of rotatable bonds is 1. The molecule has 0 fully saturated rings. The van der Waals surface area contributed by atoms with Gasteiger partial charge < -0.3 is 0 Å². The number of hydrogen-bond acceptors (Lipinski definition) is 3. The van der Waals surface area contributed by atoms with Crippen LogP contribution < -0.4 is 0 Å². The van der Waals surface area contributed by atoms with E-state index in [9.17, 15) is 0 Å². The average Bonchev–Trinajstić information content (AvgIpc) is 2.71. The number of hydrogen-bond donors (Lipinski definition) is 0. The van der Waals surface area contributed by atoms with Crippen molar-refractivity contribution in [3.8, 4) is 11.8 Å². The van der Waals surface area contributed by atoms with Gasteiger partial charge in [0, 0.05) is 5.69 Å². The first kappa shape index (κ1) is 7.50. The molecule has 62 valence electrons. The number of nitriles is 1. The van der Waals surface area contributed by atoms with Crippen molar-refractivity contribution in [2.24, 2.45) is 0 Å². The minimum absolute atomic E-state index is 0.650. The van der Waals surface area contributed by atoms with Crippen molar-refractivity contribution in [2.45, 2.75) is 0 Å². The highest BCUT2D eigenvalue weighted by molar-refractivity contribution is 5.38. The van der Waals surface area contributed by atoms with Crippen molar-refractivity contribution in [3.63, 3.8) is 0 Å². The van der Waals surface area contributed by atoms with Crippen LogP contribution >= 0.6 is 0 Å². The molecule has 0 N–H and O–H groups in total. The van der Waals surface area contributed by atoms with Gasteiger partial charge in [0.25, 0.3) is 0 Å². The van der Waals surface area contributed by atoms with Gasteiger partial charge in [-0.3, -0.25) is 4.57 Å². The van der Waals surface area contributed by atoms with Crippen molar-refractivity contribution in [1.29, 1.82) is 5.26 Å². The molecule has 1 heterocycles. The Morgan fingerprint density at radius 3 is 2.23 bits per heavy atom. The molecule has 0 aliphatic heterocycles. The average molecular weight is 170 g/mol. The van der Waals surface area contributed by atoms with Gasteiger partial charge >= 0.3 is 0 Å². The molecule has 1 aromatic heterocycles. The zero-order valence-electron chi connectivity index (χ0n) is 6.75. The molecule has 0 saturated carbocycles. The lowest BCUT2D eigenvalue weighted by atomic mass is 10.2. The summed E-state index contributed by atoms with van der Waals surface area (Å²) in [6, 6.07) is 9.28. The van der Waals surface area contributed by atoms with Gasteiger partial charge in [-0.05, 0) is 24.3 Å². The van der Waals surface area contributed by atoms with Crippen LogP contribution in [0.4, 0.5) is 0 Å². The SMILES string of the molecule is N#Cc1ccc(-n2cnnc2)cc1. The van der Waals surface area contributed by atoms with Crippen LogP contribution in [0.5, 0.6) is 0 Å². The Balaban J connectivity index is 2.40. The highest BCUT2D eigenvalue weighted by atomic mass is 15.2. The minimum atomic E-state index is 0.650. The van der Waals surface area contributed by atoms with Gasteiger partial charge in [-0.15, -0.1) is 10.2 Å². The standard InChI is InChI=1S/C9H6N4/c10-5-8-1-3-9(4-2-8)13-6-11-12-7-13/h1-4,6-7H. The summed E-state index contributed by atoms with van der Waals surface area (Å²) < 4.78 is 1.78. The second-order valence-electron chi connectivity index (χ2n) is 2.53. The predicted octanol–water partition coefficient (Wildman–Crippen LogP) is 1.14. The molecule has 1 aromatic carbocycles. The van der Waals surface area contributed by atoms with Gasteiger partial charge in [0.15, 0.2) is 0 Å². The summed E-state index contributed by atoms with van der Waals surface area (Å²) in [5, 5.41) is 16.0. The number of benzene rings is 1. The lowest BCUT2D eigenvalue weighted by molar-refractivity contribution is 1.06. The van der Waals surface area contributed by atoms with E-state index in [0.717, 1.165) is 5.69 Å². The Hall–Kier alpha value is -2.15. The second kappa shape index (κ2) is 3.07. The monoisotopic (exact) mass is 170 g/mol. The fourth-order valence-corrected chi connectivity index (χ4v) is 1.04. The molecule has 0 bridgehead atoms. The maximum atomic E-state index is 8.58. The van der Waals surface area contributed by atoms with Gasteiger partial charge in [-0.25, -0.2) is 0 Å². The molecule has 0 saturated heterocycles. The van der Waals surface area contributed by atoms with Crippen LogP contribution in [0.1, 0.15) is 5.56 Å². The molecular weight excluding hydrogens is 164 g/mol. The highest BCUT2D eigenvalue weighted by Crippen LogP contribution is 2.07. The second-order valence-corrected chi connectivity index (χ2v) is 2.53. The molecule has 0 atom stereocenters. The fourth-order valence-electron chi connectivity index (χ4n) is 1.04. The molecule has 0 unspecified atom stereocenters. The normalized spacial score (nSPS) is 9.46. The topological polar surface area (TPSA) is 54.5 Å². The molecule has 0 aliphatic carbocycles. The first-order valence-corrected chi connectivity index (χ1v) is 3.75. The van der Waals surface area contributed by atoms with Crippen molar-refractivity contribution in [1.82, 2.24) is 14.8 Å². The molecular formula is C9H6N4. The van der Waals surface area contributed by atoms with Crippen LogP contribution in [-0.2, 0) is 0 Å². The van der Waals surface area contributed by atoms with Crippen molar-refractivity contribution >= 4 is 0 Å². The maximum absolute atomic E-state index is 8.58. The summed E-state index contributed by atoms with van der Waals surface area (Å²) in [6.45, 7) is 0. The predicted molar refractivity (Wildman–Crippen MR) is 46.1 cm³/mol. The summed E-state index contributed by atoms with van der Waals surface area (Å²) in [5.74, 6) is 0. The van der Waals surface area contributed by atoms with E-state index in [2.05, 4.69) is 16.3 Å². The van der Waals surface area contributed by atoms with Gasteiger partial charge in [0.05, 0.1) is 11.6 Å². The van der Waals surface area contributed by atoms with Crippen LogP contribution in [-0.4, -0.2) is 14.8 Å². The third-order valence-corrected chi connectivity index (χ3v) is 1.71. The lowest BCUT2D eigenvalue weighted by Crippen LogP contribution is -1.89. The Morgan fingerprint density at radius 1 is 1.08 bits per heavy atom. The van der Waals surface area contributed by atoms with Crippen LogP contribution in [0.2, 0.25) is 0 Å². The quantitative estimate of drug-likeness (QED) is 0.644. The maximum Gasteiger partial charge on any atom is 0.123 e. The minimum Gasteiger partial charge on any atom is -0.288 e. The Bertz CT molecular complexity index is 422. The van der Waals surface area contributed by atoms with Crippen LogP contribution in [0.3, 0.4) is 0 Å². The van der Waals surface area contributed by atoms with Gasteiger partial charge in [0.1, 0.15) is 12.7 Å². The molecule has 0 amide bonds. The summed E-state index contributed by atoms with van der Waals surface area (Å²) >= 11 is 0. The fraction of sp³-hybridized carbons (Fsp3) is 0. The Morgan fingerprint density at radius 2 is 1.69 bits per heavy atom.